The fourth-order valence-corrected chi connectivity index (χ4v) is 4.78. The molecule has 3 rings (SSSR count). The molecule has 0 spiro atoms. The Hall–Kier alpha value is -1.65. The Morgan fingerprint density at radius 1 is 1.21 bits per heavy atom. The molecule has 0 aromatic heterocycles. The number of hydrogen-bond acceptors (Lipinski definition) is 5. The molecule has 5 nitrogen and oxygen atoms in total. The number of rotatable bonds is 2. The number of anilines is 1. The van der Waals surface area contributed by atoms with Gasteiger partial charge in [-0.15, -0.1) is 0 Å². The predicted molar refractivity (Wildman–Crippen MR) is 104 cm³/mol. The molecule has 2 aliphatic rings. The zero-order valence-electron chi connectivity index (χ0n) is 15.2. The third kappa shape index (κ3) is 4.49. The average Bonchev–Trinajstić information content (AvgIpc) is 2.87. The number of thiocarbonyl (C=S) groups is 1. The van der Waals surface area contributed by atoms with Gasteiger partial charge in [-0.3, -0.25) is 9.59 Å². The molecule has 152 valence electrons. The van der Waals surface area contributed by atoms with Crippen molar-refractivity contribution in [3.8, 4) is 0 Å². The summed E-state index contributed by atoms with van der Waals surface area (Å²) in [5.74, 6) is -1.08. The van der Waals surface area contributed by atoms with Crippen LogP contribution in [-0.2, 0) is 20.5 Å². The summed E-state index contributed by atoms with van der Waals surface area (Å²) in [6.45, 7) is 5.02. The van der Waals surface area contributed by atoms with Crippen LogP contribution in [0.3, 0.4) is 0 Å². The molecule has 1 aromatic carbocycles. The van der Waals surface area contributed by atoms with Gasteiger partial charge in [0.05, 0.1) is 23.5 Å². The van der Waals surface area contributed by atoms with Gasteiger partial charge in [0.2, 0.25) is 11.8 Å². The van der Waals surface area contributed by atoms with Crippen molar-refractivity contribution >= 4 is 45.8 Å². The van der Waals surface area contributed by atoms with E-state index in [4.69, 9.17) is 17.0 Å². The van der Waals surface area contributed by atoms with E-state index in [-0.39, 0.29) is 24.3 Å². The Bertz CT molecular complexity index is 793. The van der Waals surface area contributed by atoms with Crippen LogP contribution in [0.1, 0.15) is 25.8 Å². The fourth-order valence-electron chi connectivity index (χ4n) is 3.31. The van der Waals surface area contributed by atoms with Gasteiger partial charge < -0.3 is 9.64 Å². The highest BCUT2D eigenvalue weighted by Crippen LogP contribution is 2.35. The number of nitrogens with zero attached hydrogens (tertiary/aromatic N) is 2. The predicted octanol–water partition coefficient (Wildman–Crippen LogP) is 3.46. The van der Waals surface area contributed by atoms with Crippen LogP contribution in [0.2, 0.25) is 0 Å². The quantitative estimate of drug-likeness (QED) is 0.527. The van der Waals surface area contributed by atoms with Crippen molar-refractivity contribution in [1.29, 1.82) is 0 Å². The van der Waals surface area contributed by atoms with E-state index in [1.807, 2.05) is 18.7 Å². The smallest absolute Gasteiger partial charge is 0.372 e. The summed E-state index contributed by atoms with van der Waals surface area (Å²) in [6.07, 6.45) is -4.68. The molecule has 2 heterocycles. The largest absolute Gasteiger partial charge is 0.416 e. The summed E-state index contributed by atoms with van der Waals surface area (Å²) in [4.78, 5) is 27.8. The van der Waals surface area contributed by atoms with Crippen molar-refractivity contribution in [2.75, 3.05) is 18.0 Å². The molecule has 0 bridgehead atoms. The molecule has 2 amide bonds. The molecular weight excluding hydrogens is 413 g/mol. The lowest BCUT2D eigenvalue weighted by Gasteiger charge is -2.36. The molecule has 2 aliphatic heterocycles. The number of carbonyl (C=O) groups is 2. The molecule has 0 unspecified atom stereocenters. The summed E-state index contributed by atoms with van der Waals surface area (Å²) < 4.78 is 45.0. The number of imide groups is 1. The minimum absolute atomic E-state index is 0.00943. The second-order valence-electron chi connectivity index (χ2n) is 6.85. The molecule has 10 heteroatoms. The summed E-state index contributed by atoms with van der Waals surface area (Å²) in [5, 5.41) is -0.747. The normalized spacial score (nSPS) is 26.1. The zero-order chi connectivity index (χ0) is 20.6. The van der Waals surface area contributed by atoms with E-state index < -0.39 is 28.8 Å². The van der Waals surface area contributed by atoms with E-state index in [0.29, 0.717) is 17.4 Å². The molecule has 28 heavy (non-hydrogen) atoms. The topological polar surface area (TPSA) is 49.9 Å². The number of hydrogen-bond donors (Lipinski definition) is 0. The second kappa shape index (κ2) is 8.00. The first-order chi connectivity index (χ1) is 13.1. The number of amides is 2. The number of alkyl halides is 3. The number of carbonyl (C=O) groups excluding carboxylic acids is 2. The summed E-state index contributed by atoms with van der Waals surface area (Å²) in [7, 11) is 0. The minimum Gasteiger partial charge on any atom is -0.372 e. The van der Waals surface area contributed by atoms with E-state index >= 15 is 0 Å². The van der Waals surface area contributed by atoms with Crippen molar-refractivity contribution in [3.05, 3.63) is 29.8 Å². The van der Waals surface area contributed by atoms with Gasteiger partial charge in [0.15, 0.2) is 0 Å². The van der Waals surface area contributed by atoms with Gasteiger partial charge in [0.1, 0.15) is 9.57 Å². The fraction of sp³-hybridized carbons (Fsp3) is 0.500. The second-order valence-corrected chi connectivity index (χ2v) is 8.69. The van der Waals surface area contributed by atoms with E-state index in [9.17, 15) is 22.8 Å². The first kappa shape index (κ1) is 21.1. The maximum absolute atomic E-state index is 12.9. The van der Waals surface area contributed by atoms with Crippen LogP contribution in [0.15, 0.2) is 24.3 Å². The Morgan fingerprint density at radius 3 is 2.46 bits per heavy atom. The molecular formula is C18H19F3N2O3S2. The number of halogens is 3. The van der Waals surface area contributed by atoms with Crippen LogP contribution in [-0.4, -0.2) is 51.6 Å². The minimum atomic E-state index is -4.55. The number of thioether (sulfide) groups is 1. The Labute approximate surface area is 170 Å². The first-order valence-corrected chi connectivity index (χ1v) is 10.00. The molecule has 0 N–H and O–H groups in total. The summed E-state index contributed by atoms with van der Waals surface area (Å²) in [6, 6.07) is 4.21. The van der Waals surface area contributed by atoms with Crippen LogP contribution >= 0.6 is 24.0 Å². The van der Waals surface area contributed by atoms with E-state index in [1.165, 1.54) is 12.1 Å². The van der Waals surface area contributed by atoms with Crippen LogP contribution < -0.4 is 4.90 Å². The lowest BCUT2D eigenvalue weighted by molar-refractivity contribution is -0.137. The van der Waals surface area contributed by atoms with Gasteiger partial charge in [0.25, 0.3) is 0 Å². The van der Waals surface area contributed by atoms with Gasteiger partial charge in [-0.1, -0.05) is 30.0 Å². The standard InChI is InChI=1S/C18H19F3N2O3S2/c1-10-8-22(9-11(2)26-10)17(27)28-14-7-15(24)23(16(14)25)13-5-3-4-12(6-13)18(19,20)21/h3-6,10-11,14H,7-9H2,1-2H3/t10-,11-,14+/m1/s1. The lowest BCUT2D eigenvalue weighted by Crippen LogP contribution is -2.47. The molecule has 0 aliphatic carbocycles. The molecule has 0 radical (unpaired) electrons. The molecule has 1 aromatic rings. The van der Waals surface area contributed by atoms with Crippen LogP contribution in [0.25, 0.3) is 0 Å². The maximum Gasteiger partial charge on any atom is 0.416 e. The zero-order valence-corrected chi connectivity index (χ0v) is 16.9. The van der Waals surface area contributed by atoms with Crippen LogP contribution in [0, 0.1) is 0 Å². The number of ether oxygens (including phenoxy) is 1. The summed E-state index contributed by atoms with van der Waals surface area (Å²) >= 11 is 6.54. The third-order valence-corrected chi connectivity index (χ3v) is 6.12. The highest BCUT2D eigenvalue weighted by Gasteiger charge is 2.42. The van der Waals surface area contributed by atoms with Crippen molar-refractivity contribution < 1.29 is 27.5 Å². The first-order valence-electron chi connectivity index (χ1n) is 8.71. The highest BCUT2D eigenvalue weighted by molar-refractivity contribution is 8.23. The van der Waals surface area contributed by atoms with E-state index in [2.05, 4.69) is 0 Å². The van der Waals surface area contributed by atoms with Crippen molar-refractivity contribution in [2.24, 2.45) is 0 Å². The maximum atomic E-state index is 12.9. The number of morpholine rings is 1. The molecule has 3 atom stereocenters. The third-order valence-electron chi connectivity index (χ3n) is 4.46. The monoisotopic (exact) mass is 432 g/mol. The Balaban J connectivity index is 1.73. The van der Waals surface area contributed by atoms with Gasteiger partial charge in [-0.05, 0) is 32.0 Å². The van der Waals surface area contributed by atoms with Crippen LogP contribution in [0.5, 0.6) is 0 Å². The Morgan fingerprint density at radius 2 is 1.86 bits per heavy atom. The van der Waals surface area contributed by atoms with Crippen LogP contribution in [0.4, 0.5) is 18.9 Å². The van der Waals surface area contributed by atoms with Gasteiger partial charge in [-0.25, -0.2) is 4.90 Å². The van der Waals surface area contributed by atoms with Gasteiger partial charge in [-0.2, -0.15) is 13.2 Å². The molecule has 2 saturated heterocycles. The summed E-state index contributed by atoms with van der Waals surface area (Å²) in [5.41, 5.74) is -0.985. The van der Waals surface area contributed by atoms with Crippen molar-refractivity contribution in [2.45, 2.75) is 43.9 Å². The molecule has 0 saturated carbocycles. The highest BCUT2D eigenvalue weighted by atomic mass is 32.2. The van der Waals surface area contributed by atoms with Gasteiger partial charge in [0, 0.05) is 19.5 Å². The lowest BCUT2D eigenvalue weighted by atomic mass is 10.2. The molecule has 2 fully saturated rings. The van der Waals surface area contributed by atoms with Crippen molar-refractivity contribution in [1.82, 2.24) is 4.90 Å². The SMILES string of the molecule is C[C@@H]1CN(C(=S)S[C@H]2CC(=O)N(c3cccc(C(F)(F)F)c3)C2=O)C[C@@H](C)O1. The van der Waals surface area contributed by atoms with E-state index in [1.54, 1.807) is 0 Å². The van der Waals surface area contributed by atoms with Crippen molar-refractivity contribution in [3.63, 3.8) is 0 Å². The van der Waals surface area contributed by atoms with E-state index in [0.717, 1.165) is 28.8 Å². The Kier molecular flexibility index (Phi) is 6.02. The average molecular weight is 432 g/mol. The number of benzene rings is 1. The van der Waals surface area contributed by atoms with Gasteiger partial charge >= 0.3 is 6.18 Å².